The van der Waals surface area contributed by atoms with E-state index in [1.807, 2.05) is 291 Å². The van der Waals surface area contributed by atoms with Crippen LogP contribution in [-0.2, 0) is 18.3 Å². The molecule has 0 amide bonds. The SMILES string of the molecule is O=P(c1ccc(P(=O)(c2ccccc2)c2ccc3ccccc3c2)cc1)(c1ccc(P(=O)(c2ccccc2)c2ccc3ccccc3c2)cc1)c1ccc([P@](=O)(c2ccccc2)c2ccc3ccccc3c2)cc1. The fourth-order valence-electron chi connectivity index (χ4n) is 10.4. The molecule has 12 aromatic carbocycles. The van der Waals surface area contributed by atoms with Gasteiger partial charge in [0.2, 0.25) is 0 Å². The van der Waals surface area contributed by atoms with E-state index in [9.17, 15) is 0 Å². The standard InChI is InChI=1S/C66H48O4P4/c67-71(58-34-40-61(41-35-58)72(68,55-22-4-1-5-23-55)64-31-28-49-16-10-13-19-52(49)46-64,59-36-42-62(43-37-59)73(69,56-24-6-2-7-25-56)65-32-29-50-17-11-14-20-53(50)47-65)60-38-44-63(45-39-60)74(70,57-26-8-3-9-27-57)66-33-30-51-18-12-15-21-54(51)48-66/h1-48H/t71?,72-,73?,74?/m1/s1. The summed E-state index contributed by atoms with van der Waals surface area (Å²) in [5.41, 5.74) is 0. The topological polar surface area (TPSA) is 68.3 Å². The van der Waals surface area contributed by atoms with Gasteiger partial charge in [0.25, 0.3) is 0 Å². The molecule has 12 rings (SSSR count). The van der Waals surface area contributed by atoms with E-state index in [1.54, 1.807) is 0 Å². The van der Waals surface area contributed by atoms with E-state index in [-0.39, 0.29) is 0 Å². The second kappa shape index (κ2) is 19.3. The van der Waals surface area contributed by atoms with Crippen molar-refractivity contribution in [3.8, 4) is 0 Å². The molecule has 4 nitrogen and oxygen atoms in total. The van der Waals surface area contributed by atoms with Gasteiger partial charge in [0.05, 0.1) is 0 Å². The summed E-state index contributed by atoms with van der Waals surface area (Å²) in [6, 6.07) is 93.1. The predicted octanol–water partition coefficient (Wildman–Crippen LogP) is 11.7. The van der Waals surface area contributed by atoms with Crippen molar-refractivity contribution in [2.75, 3.05) is 0 Å². The van der Waals surface area contributed by atoms with Gasteiger partial charge in [-0.25, -0.2) is 0 Å². The number of fused-ring (bicyclic) bond motifs is 3. The maximum absolute atomic E-state index is 16.8. The lowest BCUT2D eigenvalue weighted by Crippen LogP contribution is -2.31. The lowest BCUT2D eigenvalue weighted by molar-refractivity contribution is 0.591. The maximum atomic E-state index is 16.8. The quantitative estimate of drug-likeness (QED) is 0.114. The molecule has 0 aliphatic heterocycles. The summed E-state index contributed by atoms with van der Waals surface area (Å²) in [6.07, 6.45) is 0. The van der Waals surface area contributed by atoms with Crippen molar-refractivity contribution in [3.63, 3.8) is 0 Å². The van der Waals surface area contributed by atoms with Gasteiger partial charge < -0.3 is 18.3 Å². The Morgan fingerprint density at radius 2 is 0.311 bits per heavy atom. The first-order valence-electron chi connectivity index (χ1n) is 24.6. The Bertz CT molecular complexity index is 3800. The summed E-state index contributed by atoms with van der Waals surface area (Å²) in [5.74, 6) is 0. The Labute approximate surface area is 431 Å². The Balaban J connectivity index is 1.02. The molecule has 8 heteroatoms. The van der Waals surface area contributed by atoms with E-state index >= 15 is 18.3 Å². The zero-order valence-corrected chi connectivity index (χ0v) is 43.7. The molecule has 0 radical (unpaired) electrons. The molecule has 0 saturated heterocycles. The zero-order valence-electron chi connectivity index (χ0n) is 40.1. The molecule has 356 valence electrons. The first kappa shape index (κ1) is 47.4. The van der Waals surface area contributed by atoms with Crippen molar-refractivity contribution in [1.82, 2.24) is 0 Å². The van der Waals surface area contributed by atoms with E-state index in [4.69, 9.17) is 0 Å². The molecule has 0 fully saturated rings. The third-order valence-corrected chi connectivity index (χ3v) is 26.6. The normalized spacial score (nSPS) is 14.9. The van der Waals surface area contributed by atoms with Gasteiger partial charge in [-0.15, -0.1) is 0 Å². The Hall–Kier alpha value is -7.66. The molecule has 0 spiro atoms. The molecular formula is C66H48O4P4. The summed E-state index contributed by atoms with van der Waals surface area (Å²) < 4.78 is 64.5. The van der Waals surface area contributed by atoms with Crippen molar-refractivity contribution in [1.29, 1.82) is 0 Å². The molecule has 0 heterocycles. The van der Waals surface area contributed by atoms with Crippen LogP contribution in [0.1, 0.15) is 0 Å². The minimum absolute atomic E-state index is 0.529. The van der Waals surface area contributed by atoms with Gasteiger partial charge in [-0.3, -0.25) is 0 Å². The summed E-state index contributed by atoms with van der Waals surface area (Å²) in [7, 11) is -14.1. The smallest absolute Gasteiger partial charge is 0.171 e. The van der Waals surface area contributed by atoms with Crippen molar-refractivity contribution in [2.45, 2.75) is 0 Å². The molecular weight excluding hydrogens is 981 g/mol. The molecule has 12 aromatic rings. The highest BCUT2D eigenvalue weighted by Crippen LogP contribution is 2.48. The Morgan fingerprint density at radius 1 is 0.149 bits per heavy atom. The average Bonchev–Trinajstić information content (AvgIpc) is 3.48. The minimum Gasteiger partial charge on any atom is -0.309 e. The highest BCUT2D eigenvalue weighted by Gasteiger charge is 2.37. The zero-order chi connectivity index (χ0) is 50.3. The van der Waals surface area contributed by atoms with Crippen LogP contribution >= 0.6 is 28.6 Å². The van der Waals surface area contributed by atoms with Gasteiger partial charge >= 0.3 is 0 Å². The summed E-state index contributed by atoms with van der Waals surface area (Å²) >= 11 is 0. The number of benzene rings is 12. The van der Waals surface area contributed by atoms with E-state index in [2.05, 4.69) is 0 Å². The van der Waals surface area contributed by atoms with Crippen LogP contribution in [0.25, 0.3) is 32.3 Å². The predicted molar refractivity (Wildman–Crippen MR) is 317 cm³/mol. The maximum Gasteiger partial charge on any atom is 0.171 e. The van der Waals surface area contributed by atoms with Crippen LogP contribution in [0.2, 0.25) is 0 Å². The van der Waals surface area contributed by atoms with Gasteiger partial charge in [-0.2, -0.15) is 0 Å². The van der Waals surface area contributed by atoms with Gasteiger partial charge in [-0.05, 0) is 50.5 Å². The van der Waals surface area contributed by atoms with Crippen LogP contribution in [-0.4, -0.2) is 0 Å². The molecule has 2 unspecified atom stereocenters. The molecule has 0 bridgehead atoms. The molecule has 0 N–H and O–H groups in total. The van der Waals surface area contributed by atoms with Crippen LogP contribution in [0.3, 0.4) is 0 Å². The van der Waals surface area contributed by atoms with E-state index in [1.165, 1.54) is 0 Å². The third-order valence-electron chi connectivity index (χ3n) is 14.4. The fourth-order valence-corrected chi connectivity index (χ4v) is 21.0. The summed E-state index contributed by atoms with van der Waals surface area (Å²) in [5, 5.41) is 13.7. The van der Waals surface area contributed by atoms with E-state index in [0.29, 0.717) is 63.7 Å². The lowest BCUT2D eigenvalue weighted by Gasteiger charge is -2.25. The third kappa shape index (κ3) is 8.12. The largest absolute Gasteiger partial charge is 0.309 e. The van der Waals surface area contributed by atoms with Crippen LogP contribution in [0, 0.1) is 0 Å². The second-order valence-electron chi connectivity index (χ2n) is 18.6. The first-order valence-corrected chi connectivity index (χ1v) is 31.4. The highest BCUT2D eigenvalue weighted by molar-refractivity contribution is 7.87. The van der Waals surface area contributed by atoms with Crippen molar-refractivity contribution < 1.29 is 18.3 Å². The van der Waals surface area contributed by atoms with Crippen LogP contribution in [0.4, 0.5) is 0 Å². The van der Waals surface area contributed by atoms with Crippen LogP contribution in [0.15, 0.2) is 291 Å². The summed E-state index contributed by atoms with van der Waals surface area (Å²) in [4.78, 5) is 0. The lowest BCUT2D eigenvalue weighted by atomic mass is 10.1. The molecule has 3 atom stereocenters. The van der Waals surface area contributed by atoms with E-state index < -0.39 is 28.6 Å². The first-order chi connectivity index (χ1) is 36.2. The fraction of sp³-hybridized carbons (Fsp3) is 0. The Kier molecular flexibility index (Phi) is 12.4. The number of rotatable bonds is 12. The summed E-state index contributed by atoms with van der Waals surface area (Å²) in [6.45, 7) is 0. The second-order valence-corrected chi connectivity index (χ2v) is 29.7. The molecule has 74 heavy (non-hydrogen) atoms. The average molecular weight is 1030 g/mol. The minimum atomic E-state index is -3.79. The van der Waals surface area contributed by atoms with E-state index in [0.717, 1.165) is 32.3 Å². The monoisotopic (exact) mass is 1030 g/mol. The Morgan fingerprint density at radius 3 is 0.541 bits per heavy atom. The molecule has 0 aliphatic rings. The van der Waals surface area contributed by atoms with Gasteiger partial charge in [0.15, 0.2) is 28.6 Å². The van der Waals surface area contributed by atoms with Crippen molar-refractivity contribution in [3.05, 3.63) is 291 Å². The van der Waals surface area contributed by atoms with Gasteiger partial charge in [-0.1, -0.05) is 273 Å². The van der Waals surface area contributed by atoms with Crippen LogP contribution < -0.4 is 63.7 Å². The van der Waals surface area contributed by atoms with Gasteiger partial charge in [0, 0.05) is 63.7 Å². The van der Waals surface area contributed by atoms with Crippen LogP contribution in [0.5, 0.6) is 0 Å². The van der Waals surface area contributed by atoms with Gasteiger partial charge in [0.1, 0.15) is 0 Å². The highest BCUT2D eigenvalue weighted by atomic mass is 31.2. The molecule has 0 saturated carbocycles. The number of hydrogen-bond acceptors (Lipinski definition) is 4. The molecule has 0 aromatic heterocycles. The van der Waals surface area contributed by atoms with Crippen molar-refractivity contribution in [2.24, 2.45) is 0 Å². The number of hydrogen-bond donors (Lipinski definition) is 0. The molecule has 0 aliphatic carbocycles. The van der Waals surface area contributed by atoms with Crippen molar-refractivity contribution >= 4 is 125 Å².